The average molecular weight is 295 g/mol. The highest BCUT2D eigenvalue weighted by molar-refractivity contribution is 5.95. The van der Waals surface area contributed by atoms with Crippen LogP contribution in [0.4, 0.5) is 5.69 Å². The number of hydrogen-bond acceptors (Lipinski definition) is 4. The average Bonchev–Trinajstić information content (AvgIpc) is 2.51. The molecule has 0 saturated carbocycles. The first-order valence-electron chi connectivity index (χ1n) is 6.72. The van der Waals surface area contributed by atoms with Crippen molar-refractivity contribution in [2.45, 2.75) is 6.42 Å². The zero-order valence-electron chi connectivity index (χ0n) is 12.0. The van der Waals surface area contributed by atoms with Crippen LogP contribution in [0.5, 0.6) is 5.75 Å². The number of hydrazone groups is 1. The topological polar surface area (TPSA) is 87.7 Å². The number of nitrogens with one attached hydrogen (secondary N) is 1. The molecule has 0 fully saturated rings. The molecule has 2 aromatic carbocycles. The molecule has 0 saturated heterocycles. The van der Waals surface area contributed by atoms with E-state index in [1.165, 1.54) is 6.21 Å². The molecule has 0 aromatic heterocycles. The van der Waals surface area contributed by atoms with Gasteiger partial charge in [0, 0.05) is 16.8 Å². The van der Waals surface area contributed by atoms with Gasteiger partial charge >= 0.3 is 0 Å². The van der Waals surface area contributed by atoms with Crippen LogP contribution in [0.3, 0.4) is 0 Å². The molecule has 22 heavy (non-hydrogen) atoms. The first-order chi connectivity index (χ1) is 10.6. The van der Waals surface area contributed by atoms with Gasteiger partial charge in [-0.05, 0) is 36.2 Å². The molecule has 5 nitrogen and oxygen atoms in total. The highest BCUT2D eigenvalue weighted by Gasteiger charge is 2.05. The lowest BCUT2D eigenvalue weighted by molar-refractivity contribution is 0.0955. The van der Waals surface area contributed by atoms with Gasteiger partial charge < -0.3 is 10.8 Å². The van der Waals surface area contributed by atoms with Gasteiger partial charge in [-0.2, -0.15) is 5.10 Å². The number of rotatable bonds is 5. The molecule has 5 heteroatoms. The molecule has 2 rings (SSSR count). The Labute approximate surface area is 128 Å². The Hall–Kier alpha value is -3.08. The van der Waals surface area contributed by atoms with E-state index in [4.69, 9.17) is 5.73 Å². The predicted octanol–water partition coefficient (Wildman–Crippen LogP) is 2.47. The van der Waals surface area contributed by atoms with Crippen molar-refractivity contribution < 1.29 is 9.90 Å². The standard InChI is InChI=1S/C17H17N3O2/c1-2-5-12-6-3-8-14(16(12)21)11-19-20-17(22)13-7-4-9-15(18)10-13/h2-4,6-11,21H,1,5,18H2,(H,20,22)/b19-11+. The Kier molecular flexibility index (Phi) is 4.93. The number of amides is 1. The summed E-state index contributed by atoms with van der Waals surface area (Å²) in [6.45, 7) is 3.64. The van der Waals surface area contributed by atoms with Crippen LogP contribution in [0.15, 0.2) is 60.2 Å². The second-order valence-corrected chi connectivity index (χ2v) is 4.67. The van der Waals surface area contributed by atoms with Crippen molar-refractivity contribution in [3.8, 4) is 5.75 Å². The van der Waals surface area contributed by atoms with E-state index < -0.39 is 0 Å². The molecule has 4 N–H and O–H groups in total. The fourth-order valence-electron chi connectivity index (χ4n) is 1.94. The van der Waals surface area contributed by atoms with Gasteiger partial charge in [0.2, 0.25) is 0 Å². The summed E-state index contributed by atoms with van der Waals surface area (Å²) in [5.41, 5.74) is 10.2. The zero-order chi connectivity index (χ0) is 15.9. The van der Waals surface area contributed by atoms with Crippen LogP contribution in [0.25, 0.3) is 0 Å². The number of phenols is 1. The van der Waals surface area contributed by atoms with Crippen molar-refractivity contribution in [2.75, 3.05) is 5.73 Å². The number of carbonyl (C=O) groups excluding carboxylic acids is 1. The first kappa shape index (κ1) is 15.3. The van der Waals surface area contributed by atoms with Crippen molar-refractivity contribution in [3.05, 3.63) is 71.8 Å². The van der Waals surface area contributed by atoms with Gasteiger partial charge in [-0.25, -0.2) is 5.43 Å². The molecule has 0 aliphatic carbocycles. The minimum Gasteiger partial charge on any atom is -0.507 e. The van der Waals surface area contributed by atoms with Crippen molar-refractivity contribution in [1.29, 1.82) is 0 Å². The van der Waals surface area contributed by atoms with Gasteiger partial charge in [-0.1, -0.05) is 24.3 Å². The van der Waals surface area contributed by atoms with Crippen LogP contribution in [0.1, 0.15) is 21.5 Å². The van der Waals surface area contributed by atoms with Crippen molar-refractivity contribution >= 4 is 17.8 Å². The highest BCUT2D eigenvalue weighted by atomic mass is 16.3. The van der Waals surface area contributed by atoms with Crippen LogP contribution in [-0.4, -0.2) is 17.2 Å². The van der Waals surface area contributed by atoms with Gasteiger partial charge in [0.15, 0.2) is 0 Å². The quantitative estimate of drug-likeness (QED) is 0.343. The summed E-state index contributed by atoms with van der Waals surface area (Å²) >= 11 is 0. The number of allylic oxidation sites excluding steroid dienone is 1. The van der Waals surface area contributed by atoms with E-state index in [1.807, 2.05) is 0 Å². The zero-order valence-corrected chi connectivity index (χ0v) is 12.0. The maximum Gasteiger partial charge on any atom is 0.271 e. The molecule has 0 radical (unpaired) electrons. The molecule has 0 aliphatic heterocycles. The van der Waals surface area contributed by atoms with E-state index in [0.717, 1.165) is 5.56 Å². The van der Waals surface area contributed by atoms with Crippen molar-refractivity contribution in [2.24, 2.45) is 5.10 Å². The summed E-state index contributed by atoms with van der Waals surface area (Å²) in [6, 6.07) is 11.9. The van der Waals surface area contributed by atoms with E-state index in [-0.39, 0.29) is 11.7 Å². The Balaban J connectivity index is 2.08. The first-order valence-corrected chi connectivity index (χ1v) is 6.72. The SMILES string of the molecule is C=CCc1cccc(/C=N/NC(=O)c2cccc(N)c2)c1O. The number of aromatic hydroxyl groups is 1. The van der Waals surface area contributed by atoms with E-state index in [2.05, 4.69) is 17.1 Å². The third-order valence-corrected chi connectivity index (χ3v) is 3.03. The summed E-state index contributed by atoms with van der Waals surface area (Å²) in [4.78, 5) is 11.9. The molecule has 2 aromatic rings. The summed E-state index contributed by atoms with van der Waals surface area (Å²) in [5, 5.41) is 13.9. The Morgan fingerprint density at radius 3 is 2.82 bits per heavy atom. The van der Waals surface area contributed by atoms with Gasteiger partial charge in [-0.3, -0.25) is 4.79 Å². The second-order valence-electron chi connectivity index (χ2n) is 4.67. The number of phenolic OH excluding ortho intramolecular Hbond substituents is 1. The third kappa shape index (κ3) is 3.73. The Morgan fingerprint density at radius 1 is 1.32 bits per heavy atom. The monoisotopic (exact) mass is 295 g/mol. The fourth-order valence-corrected chi connectivity index (χ4v) is 1.94. The highest BCUT2D eigenvalue weighted by Crippen LogP contribution is 2.21. The minimum absolute atomic E-state index is 0.129. The third-order valence-electron chi connectivity index (χ3n) is 3.03. The number of nitrogens with zero attached hydrogens (tertiary/aromatic N) is 1. The molecule has 0 atom stereocenters. The lowest BCUT2D eigenvalue weighted by Gasteiger charge is -2.05. The summed E-state index contributed by atoms with van der Waals surface area (Å²) in [5.74, 6) is -0.241. The molecule has 112 valence electrons. The molecule has 0 aliphatic rings. The molecule has 0 heterocycles. The normalized spacial score (nSPS) is 10.5. The van der Waals surface area contributed by atoms with Crippen molar-refractivity contribution in [1.82, 2.24) is 5.43 Å². The minimum atomic E-state index is -0.370. The van der Waals surface area contributed by atoms with Crippen molar-refractivity contribution in [3.63, 3.8) is 0 Å². The summed E-state index contributed by atoms with van der Waals surface area (Å²) in [6.07, 6.45) is 3.66. The summed E-state index contributed by atoms with van der Waals surface area (Å²) < 4.78 is 0. The summed E-state index contributed by atoms with van der Waals surface area (Å²) in [7, 11) is 0. The molecule has 0 bridgehead atoms. The number of nitrogen functional groups attached to an aromatic ring is 1. The van der Waals surface area contributed by atoms with Crippen LogP contribution in [0, 0.1) is 0 Å². The van der Waals surface area contributed by atoms with E-state index in [0.29, 0.717) is 23.2 Å². The molecule has 0 unspecified atom stereocenters. The van der Waals surface area contributed by atoms with Crippen LogP contribution >= 0.6 is 0 Å². The molecular formula is C17H17N3O2. The van der Waals surface area contributed by atoms with E-state index >= 15 is 0 Å². The van der Waals surface area contributed by atoms with Crippen LogP contribution in [0.2, 0.25) is 0 Å². The Bertz CT molecular complexity index is 724. The van der Waals surface area contributed by atoms with Gasteiger partial charge in [0.1, 0.15) is 5.75 Å². The van der Waals surface area contributed by atoms with E-state index in [9.17, 15) is 9.90 Å². The van der Waals surface area contributed by atoms with Crippen LogP contribution in [-0.2, 0) is 6.42 Å². The second kappa shape index (κ2) is 7.08. The molecule has 1 amide bonds. The number of nitrogens with two attached hydrogens (primary N) is 1. The van der Waals surface area contributed by atoms with Gasteiger partial charge in [0.25, 0.3) is 5.91 Å². The lowest BCUT2D eigenvalue weighted by atomic mass is 10.1. The fraction of sp³-hybridized carbons (Fsp3) is 0.0588. The van der Waals surface area contributed by atoms with E-state index in [1.54, 1.807) is 48.5 Å². The largest absolute Gasteiger partial charge is 0.507 e. The smallest absolute Gasteiger partial charge is 0.271 e. The number of carbonyl (C=O) groups is 1. The predicted molar refractivity (Wildman–Crippen MR) is 87.9 cm³/mol. The number of hydrogen-bond donors (Lipinski definition) is 3. The maximum atomic E-state index is 11.9. The van der Waals surface area contributed by atoms with Crippen LogP contribution < -0.4 is 11.2 Å². The molecule has 0 spiro atoms. The molecular weight excluding hydrogens is 278 g/mol. The number of benzene rings is 2. The Morgan fingerprint density at radius 2 is 2.09 bits per heavy atom. The lowest BCUT2D eigenvalue weighted by Crippen LogP contribution is -2.17. The number of para-hydroxylation sites is 1. The number of anilines is 1. The maximum absolute atomic E-state index is 11.9. The van der Waals surface area contributed by atoms with Gasteiger partial charge in [0.05, 0.1) is 6.21 Å². The van der Waals surface area contributed by atoms with Gasteiger partial charge in [-0.15, -0.1) is 6.58 Å².